The quantitative estimate of drug-likeness (QED) is 0.669. The molecule has 0 spiro atoms. The van der Waals surface area contributed by atoms with Crippen LogP contribution in [0.25, 0.3) is 0 Å². The third-order valence-electron chi connectivity index (χ3n) is 3.90. The van der Waals surface area contributed by atoms with E-state index >= 15 is 0 Å². The first-order chi connectivity index (χ1) is 9.31. The number of non-ortho nitro benzene ring substituents is 1. The van der Waals surface area contributed by atoms with Gasteiger partial charge in [0.05, 0.1) is 4.92 Å². The second-order valence-electron chi connectivity index (χ2n) is 5.92. The lowest BCUT2D eigenvalue weighted by Gasteiger charge is -2.42. The van der Waals surface area contributed by atoms with Gasteiger partial charge in [-0.25, -0.2) is 0 Å². The zero-order valence-electron chi connectivity index (χ0n) is 12.1. The second-order valence-corrected chi connectivity index (χ2v) is 5.92. The third kappa shape index (κ3) is 3.71. The van der Waals surface area contributed by atoms with E-state index in [2.05, 4.69) is 0 Å². The van der Waals surface area contributed by atoms with Gasteiger partial charge in [-0.15, -0.1) is 12.4 Å². The van der Waals surface area contributed by atoms with Gasteiger partial charge in [-0.2, -0.15) is 0 Å². The van der Waals surface area contributed by atoms with Crippen LogP contribution in [0.3, 0.4) is 0 Å². The highest BCUT2D eigenvalue weighted by Crippen LogP contribution is 2.28. The van der Waals surface area contributed by atoms with Crippen LogP contribution in [0.5, 0.6) is 0 Å². The first kappa shape index (κ1) is 17.4. The van der Waals surface area contributed by atoms with Crippen LogP contribution in [-0.4, -0.2) is 34.9 Å². The summed E-state index contributed by atoms with van der Waals surface area (Å²) in [6.45, 7) is 5.22. The fourth-order valence-corrected chi connectivity index (χ4v) is 2.48. The van der Waals surface area contributed by atoms with E-state index in [4.69, 9.17) is 5.73 Å². The Bertz CT molecular complexity index is 548. The molecule has 0 radical (unpaired) electrons. The van der Waals surface area contributed by atoms with Crippen molar-refractivity contribution < 1.29 is 9.72 Å². The fraction of sp³-hybridized carbons (Fsp3) is 0.500. The molecular formula is C14H20ClN3O3. The number of benzene rings is 1. The molecule has 1 amide bonds. The number of nitrogens with zero attached hydrogens (tertiary/aromatic N) is 2. The number of nitro groups is 1. The van der Waals surface area contributed by atoms with E-state index in [1.54, 1.807) is 11.0 Å². The van der Waals surface area contributed by atoms with Gasteiger partial charge in [0.25, 0.3) is 11.6 Å². The third-order valence-corrected chi connectivity index (χ3v) is 3.90. The molecule has 1 aliphatic heterocycles. The molecule has 21 heavy (non-hydrogen) atoms. The monoisotopic (exact) mass is 313 g/mol. The molecule has 1 heterocycles. The van der Waals surface area contributed by atoms with Crippen LogP contribution in [0.4, 0.5) is 5.69 Å². The molecule has 116 valence electrons. The topological polar surface area (TPSA) is 89.5 Å². The highest BCUT2D eigenvalue weighted by atomic mass is 35.5. The van der Waals surface area contributed by atoms with Crippen molar-refractivity contribution in [2.24, 2.45) is 11.1 Å². The Kier molecular flexibility index (Phi) is 5.31. The molecule has 0 aliphatic carbocycles. The van der Waals surface area contributed by atoms with Crippen molar-refractivity contribution in [2.75, 3.05) is 13.1 Å². The van der Waals surface area contributed by atoms with Gasteiger partial charge in [0.15, 0.2) is 0 Å². The standard InChI is InChI=1S/C14H19N3O3.ClH/c1-14(2)9-16(7-6-12(14)15)13(18)10-4-3-5-11(8-10)17(19)20;/h3-5,8,12H,6-7,9,15H2,1-2H3;1H. The lowest BCUT2D eigenvalue weighted by molar-refractivity contribution is -0.384. The number of carbonyl (C=O) groups is 1. The van der Waals surface area contributed by atoms with Crippen LogP contribution < -0.4 is 5.73 Å². The fourth-order valence-electron chi connectivity index (χ4n) is 2.48. The Labute approximate surface area is 129 Å². The van der Waals surface area contributed by atoms with Gasteiger partial charge in [-0.05, 0) is 17.9 Å². The summed E-state index contributed by atoms with van der Waals surface area (Å²) in [6.07, 6.45) is 0.744. The smallest absolute Gasteiger partial charge is 0.270 e. The normalized spacial score (nSPS) is 20.5. The number of nitrogens with two attached hydrogens (primary N) is 1. The summed E-state index contributed by atoms with van der Waals surface area (Å²) in [5.74, 6) is -0.173. The van der Waals surface area contributed by atoms with Gasteiger partial charge in [0.2, 0.25) is 0 Å². The molecule has 1 aliphatic rings. The molecule has 1 unspecified atom stereocenters. The molecule has 1 fully saturated rings. The molecule has 2 rings (SSSR count). The minimum absolute atomic E-state index is 0. The van der Waals surface area contributed by atoms with Crippen molar-refractivity contribution in [2.45, 2.75) is 26.3 Å². The minimum Gasteiger partial charge on any atom is -0.338 e. The van der Waals surface area contributed by atoms with Crippen molar-refractivity contribution >= 4 is 24.0 Å². The molecule has 1 aromatic rings. The van der Waals surface area contributed by atoms with E-state index in [1.165, 1.54) is 18.2 Å². The molecule has 0 bridgehead atoms. The summed E-state index contributed by atoms with van der Waals surface area (Å²) < 4.78 is 0. The maximum atomic E-state index is 12.4. The number of nitro benzene ring substituents is 1. The summed E-state index contributed by atoms with van der Waals surface area (Å²) >= 11 is 0. The summed E-state index contributed by atoms with van der Waals surface area (Å²) in [5, 5.41) is 10.8. The zero-order valence-corrected chi connectivity index (χ0v) is 12.9. The Morgan fingerprint density at radius 2 is 2.14 bits per heavy atom. The maximum absolute atomic E-state index is 12.4. The highest BCUT2D eigenvalue weighted by molar-refractivity contribution is 5.95. The number of piperidine rings is 1. The van der Waals surface area contributed by atoms with Crippen LogP contribution in [0, 0.1) is 15.5 Å². The molecule has 0 aromatic heterocycles. The second kappa shape index (κ2) is 6.41. The van der Waals surface area contributed by atoms with Crippen molar-refractivity contribution in [3.63, 3.8) is 0 Å². The first-order valence-corrected chi connectivity index (χ1v) is 6.60. The average molecular weight is 314 g/mol. The number of amides is 1. The summed E-state index contributed by atoms with van der Waals surface area (Å²) in [4.78, 5) is 24.4. The number of hydrogen-bond acceptors (Lipinski definition) is 4. The number of rotatable bonds is 2. The van der Waals surface area contributed by atoms with Crippen molar-refractivity contribution in [3.8, 4) is 0 Å². The van der Waals surface area contributed by atoms with Crippen LogP contribution >= 0.6 is 12.4 Å². The van der Waals surface area contributed by atoms with E-state index < -0.39 is 4.92 Å². The molecule has 1 atom stereocenters. The maximum Gasteiger partial charge on any atom is 0.270 e. The van der Waals surface area contributed by atoms with Crippen LogP contribution in [-0.2, 0) is 0 Å². The lowest BCUT2D eigenvalue weighted by Crippen LogP contribution is -2.54. The minimum atomic E-state index is -0.493. The van der Waals surface area contributed by atoms with Crippen LogP contribution in [0.1, 0.15) is 30.6 Å². The molecule has 0 saturated carbocycles. The zero-order chi connectivity index (χ0) is 14.9. The van der Waals surface area contributed by atoms with Crippen molar-refractivity contribution in [1.29, 1.82) is 0 Å². The predicted molar refractivity (Wildman–Crippen MR) is 82.6 cm³/mol. The Hall–Kier alpha value is -1.66. The number of likely N-dealkylation sites (tertiary alicyclic amines) is 1. The molecule has 6 nitrogen and oxygen atoms in total. The first-order valence-electron chi connectivity index (χ1n) is 6.60. The molecule has 7 heteroatoms. The highest BCUT2D eigenvalue weighted by Gasteiger charge is 2.35. The van der Waals surface area contributed by atoms with Gasteiger partial charge in [0, 0.05) is 36.8 Å². The Morgan fingerprint density at radius 1 is 1.48 bits per heavy atom. The average Bonchev–Trinajstić information content (AvgIpc) is 2.41. The van der Waals surface area contributed by atoms with Gasteiger partial charge in [0.1, 0.15) is 0 Å². The Morgan fingerprint density at radius 3 is 2.71 bits per heavy atom. The van der Waals surface area contributed by atoms with Gasteiger partial charge >= 0.3 is 0 Å². The van der Waals surface area contributed by atoms with E-state index in [-0.39, 0.29) is 35.5 Å². The molecule has 1 aromatic carbocycles. The molecular weight excluding hydrogens is 294 g/mol. The largest absolute Gasteiger partial charge is 0.338 e. The van der Waals surface area contributed by atoms with Gasteiger partial charge in [-0.3, -0.25) is 14.9 Å². The van der Waals surface area contributed by atoms with E-state index in [9.17, 15) is 14.9 Å². The van der Waals surface area contributed by atoms with Crippen molar-refractivity contribution in [1.82, 2.24) is 4.90 Å². The number of carbonyl (C=O) groups excluding carboxylic acids is 1. The predicted octanol–water partition coefficient (Wildman–Crippen LogP) is 2.22. The van der Waals surface area contributed by atoms with E-state index in [0.29, 0.717) is 18.7 Å². The van der Waals surface area contributed by atoms with E-state index in [1.807, 2.05) is 13.8 Å². The van der Waals surface area contributed by atoms with Crippen LogP contribution in [0.2, 0.25) is 0 Å². The van der Waals surface area contributed by atoms with Crippen LogP contribution in [0.15, 0.2) is 24.3 Å². The SMILES string of the molecule is CC1(C)CN(C(=O)c2cccc([N+](=O)[O-])c2)CCC1N.Cl. The molecule has 2 N–H and O–H groups in total. The summed E-state index contributed by atoms with van der Waals surface area (Å²) in [6, 6.07) is 5.91. The Balaban J connectivity index is 0.00000220. The summed E-state index contributed by atoms with van der Waals surface area (Å²) in [7, 11) is 0. The van der Waals surface area contributed by atoms with E-state index in [0.717, 1.165) is 6.42 Å². The van der Waals surface area contributed by atoms with Gasteiger partial charge in [-0.1, -0.05) is 19.9 Å². The molecule has 1 saturated heterocycles. The van der Waals surface area contributed by atoms with Crippen molar-refractivity contribution in [3.05, 3.63) is 39.9 Å². The lowest BCUT2D eigenvalue weighted by atomic mass is 9.79. The number of hydrogen-bond donors (Lipinski definition) is 1. The van der Waals surface area contributed by atoms with Gasteiger partial charge < -0.3 is 10.6 Å². The summed E-state index contributed by atoms with van der Waals surface area (Å²) in [5.41, 5.74) is 6.19. The number of halogens is 1.